The molecule has 0 N–H and O–H groups in total. The van der Waals surface area contributed by atoms with Gasteiger partial charge in [-0.1, -0.05) is 27.4 Å². The minimum atomic E-state index is 0.639. The Labute approximate surface area is 76.2 Å². The van der Waals surface area contributed by atoms with E-state index in [4.69, 9.17) is 4.74 Å². The summed E-state index contributed by atoms with van der Waals surface area (Å²) in [6, 6.07) is 0. The van der Waals surface area contributed by atoms with Gasteiger partial charge in [-0.25, -0.2) is 0 Å². The number of hydrogen-bond donors (Lipinski definition) is 0. The van der Waals surface area contributed by atoms with Gasteiger partial charge in [-0.3, -0.25) is 0 Å². The summed E-state index contributed by atoms with van der Waals surface area (Å²) >= 11 is 0. The summed E-state index contributed by atoms with van der Waals surface area (Å²) < 4.78 is 5.35. The van der Waals surface area contributed by atoms with Gasteiger partial charge in [0.2, 0.25) is 0 Å². The number of nitrogens with zero attached hydrogens (tertiary/aromatic N) is 1. The number of ether oxygens (including phenoxy) is 1. The van der Waals surface area contributed by atoms with Gasteiger partial charge < -0.3 is 9.64 Å². The van der Waals surface area contributed by atoms with Crippen LogP contribution in [0, 0.1) is 5.92 Å². The smallest absolute Gasteiger partial charge is 0.0641 e. The summed E-state index contributed by atoms with van der Waals surface area (Å²) in [6.07, 6.45) is 1.89. The van der Waals surface area contributed by atoms with Crippen molar-refractivity contribution in [2.24, 2.45) is 5.92 Å². The van der Waals surface area contributed by atoms with Gasteiger partial charge in [0.25, 0.3) is 0 Å². The molecule has 0 spiro atoms. The molecule has 0 aliphatic carbocycles. The van der Waals surface area contributed by atoms with Crippen LogP contribution in [0.1, 0.15) is 20.8 Å². The number of hydrogen-bond acceptors (Lipinski definition) is 2. The molecule has 1 aliphatic rings. The fourth-order valence-electron chi connectivity index (χ4n) is 1.18. The summed E-state index contributed by atoms with van der Waals surface area (Å²) in [6.45, 7) is 13.7. The lowest BCUT2D eigenvalue weighted by molar-refractivity contribution is 0.127. The Morgan fingerprint density at radius 2 is 2.17 bits per heavy atom. The largest absolute Gasteiger partial charge is 0.379 e. The van der Waals surface area contributed by atoms with E-state index < -0.39 is 0 Å². The molecule has 0 amide bonds. The van der Waals surface area contributed by atoms with Crippen molar-refractivity contribution in [3.05, 3.63) is 12.8 Å². The van der Waals surface area contributed by atoms with Crippen LogP contribution in [-0.2, 0) is 4.74 Å². The Morgan fingerprint density at radius 3 is 2.75 bits per heavy atom. The van der Waals surface area contributed by atoms with Crippen LogP contribution in [0.2, 0.25) is 0 Å². The fraction of sp³-hybridized carbons (Fsp3) is 0.800. The van der Waals surface area contributed by atoms with Crippen LogP contribution in [0.5, 0.6) is 0 Å². The van der Waals surface area contributed by atoms with E-state index in [1.165, 1.54) is 0 Å². The van der Waals surface area contributed by atoms with Crippen molar-refractivity contribution in [3.8, 4) is 0 Å². The maximum atomic E-state index is 5.35. The molecule has 12 heavy (non-hydrogen) atoms. The van der Waals surface area contributed by atoms with Crippen LogP contribution in [0.15, 0.2) is 12.8 Å². The molecule has 1 aliphatic heterocycles. The highest BCUT2D eigenvalue weighted by atomic mass is 16.5. The molecular weight excluding hydrogens is 150 g/mol. The van der Waals surface area contributed by atoms with Crippen LogP contribution in [0.25, 0.3) is 0 Å². The van der Waals surface area contributed by atoms with Crippen LogP contribution in [0.3, 0.4) is 0 Å². The first-order valence-corrected chi connectivity index (χ1v) is 4.77. The fourth-order valence-corrected chi connectivity index (χ4v) is 1.18. The van der Waals surface area contributed by atoms with Gasteiger partial charge in [-0.2, -0.15) is 0 Å². The minimum absolute atomic E-state index is 0.639. The molecule has 1 rings (SSSR count). The Hall–Kier alpha value is -0.500. The molecule has 0 bridgehead atoms. The van der Waals surface area contributed by atoms with Crippen LogP contribution >= 0.6 is 0 Å². The predicted octanol–water partition coefficient (Wildman–Crippen LogP) is 2.12. The van der Waals surface area contributed by atoms with Gasteiger partial charge in [-0.15, -0.1) is 0 Å². The molecule has 1 fully saturated rings. The quantitative estimate of drug-likeness (QED) is 0.599. The van der Waals surface area contributed by atoms with E-state index in [0.717, 1.165) is 26.3 Å². The molecule has 72 valence electrons. The molecule has 0 aromatic rings. The standard InChI is InChI=1S/C8H15NO.C2H6/c1-3-9-4-5-10-7-8(2)6-9;1-2/h3,8H,1,4-7H2,2H3;1-2H3. The monoisotopic (exact) mass is 171 g/mol. The summed E-state index contributed by atoms with van der Waals surface area (Å²) in [5, 5.41) is 0. The van der Waals surface area contributed by atoms with E-state index in [2.05, 4.69) is 18.4 Å². The second kappa shape index (κ2) is 7.17. The van der Waals surface area contributed by atoms with E-state index in [9.17, 15) is 0 Å². The van der Waals surface area contributed by atoms with Crippen LogP contribution in [0.4, 0.5) is 0 Å². The second-order valence-corrected chi connectivity index (χ2v) is 2.86. The molecule has 1 heterocycles. The topological polar surface area (TPSA) is 12.5 Å². The molecule has 1 saturated heterocycles. The third-order valence-corrected chi connectivity index (χ3v) is 1.73. The lowest BCUT2D eigenvalue weighted by atomic mass is 10.2. The SMILES string of the molecule is C=CN1CCOCC(C)C1.CC. The molecule has 2 heteroatoms. The van der Waals surface area contributed by atoms with Gasteiger partial charge in [0.05, 0.1) is 13.2 Å². The van der Waals surface area contributed by atoms with E-state index >= 15 is 0 Å². The highest BCUT2D eigenvalue weighted by molar-refractivity contribution is 4.74. The van der Waals surface area contributed by atoms with Gasteiger partial charge in [0, 0.05) is 13.1 Å². The number of rotatable bonds is 1. The average molecular weight is 171 g/mol. The molecule has 0 saturated carbocycles. The maximum Gasteiger partial charge on any atom is 0.0641 e. The van der Waals surface area contributed by atoms with Crippen molar-refractivity contribution in [1.29, 1.82) is 0 Å². The van der Waals surface area contributed by atoms with Crippen molar-refractivity contribution in [2.45, 2.75) is 20.8 Å². The Morgan fingerprint density at radius 1 is 1.50 bits per heavy atom. The predicted molar refractivity (Wildman–Crippen MR) is 53.1 cm³/mol. The lowest BCUT2D eigenvalue weighted by Crippen LogP contribution is -2.23. The summed E-state index contributed by atoms with van der Waals surface area (Å²) in [5.74, 6) is 0.639. The first-order chi connectivity index (χ1) is 5.83. The summed E-state index contributed by atoms with van der Waals surface area (Å²) in [7, 11) is 0. The van der Waals surface area contributed by atoms with E-state index in [0.29, 0.717) is 5.92 Å². The lowest BCUT2D eigenvalue weighted by Gasteiger charge is -2.17. The van der Waals surface area contributed by atoms with Crippen molar-refractivity contribution in [3.63, 3.8) is 0 Å². The Kier molecular flexibility index (Phi) is 6.87. The molecular formula is C10H21NO. The first-order valence-electron chi connectivity index (χ1n) is 4.77. The minimum Gasteiger partial charge on any atom is -0.379 e. The van der Waals surface area contributed by atoms with Gasteiger partial charge >= 0.3 is 0 Å². The molecule has 0 radical (unpaired) electrons. The molecule has 0 aromatic carbocycles. The van der Waals surface area contributed by atoms with Crippen molar-refractivity contribution >= 4 is 0 Å². The van der Waals surface area contributed by atoms with Crippen LogP contribution < -0.4 is 0 Å². The molecule has 2 nitrogen and oxygen atoms in total. The second-order valence-electron chi connectivity index (χ2n) is 2.86. The van der Waals surface area contributed by atoms with E-state index in [1.54, 1.807) is 0 Å². The normalized spacial score (nSPS) is 23.6. The van der Waals surface area contributed by atoms with Crippen LogP contribution in [-0.4, -0.2) is 31.2 Å². The van der Waals surface area contributed by atoms with Gasteiger partial charge in [-0.05, 0) is 12.1 Å². The molecule has 1 unspecified atom stereocenters. The van der Waals surface area contributed by atoms with E-state index in [-0.39, 0.29) is 0 Å². The van der Waals surface area contributed by atoms with Gasteiger partial charge in [0.15, 0.2) is 0 Å². The zero-order chi connectivity index (χ0) is 9.40. The highest BCUT2D eigenvalue weighted by Crippen LogP contribution is 2.04. The highest BCUT2D eigenvalue weighted by Gasteiger charge is 2.10. The first kappa shape index (κ1) is 11.5. The zero-order valence-corrected chi connectivity index (χ0v) is 8.55. The van der Waals surface area contributed by atoms with Crippen molar-refractivity contribution < 1.29 is 4.74 Å². The molecule has 0 aromatic heterocycles. The van der Waals surface area contributed by atoms with Crippen molar-refractivity contribution in [1.82, 2.24) is 4.90 Å². The van der Waals surface area contributed by atoms with E-state index in [1.807, 2.05) is 20.0 Å². The Bertz CT molecular complexity index is 114. The third kappa shape index (κ3) is 4.39. The van der Waals surface area contributed by atoms with Crippen molar-refractivity contribution in [2.75, 3.05) is 26.3 Å². The third-order valence-electron chi connectivity index (χ3n) is 1.73. The Balaban J connectivity index is 0.000000561. The zero-order valence-electron chi connectivity index (χ0n) is 8.55. The average Bonchev–Trinajstić information content (AvgIpc) is 2.33. The van der Waals surface area contributed by atoms with Gasteiger partial charge in [0.1, 0.15) is 0 Å². The molecule has 1 atom stereocenters. The summed E-state index contributed by atoms with van der Waals surface area (Å²) in [5.41, 5.74) is 0. The maximum absolute atomic E-state index is 5.35. The summed E-state index contributed by atoms with van der Waals surface area (Å²) in [4.78, 5) is 2.21.